The van der Waals surface area contributed by atoms with Gasteiger partial charge in [-0.1, -0.05) is 0 Å². The van der Waals surface area contributed by atoms with E-state index in [1.165, 1.54) is 6.92 Å². The van der Waals surface area contributed by atoms with Crippen molar-refractivity contribution in [2.75, 3.05) is 5.32 Å². The molecular weight excluding hydrogens is 168 g/mol. The Morgan fingerprint density at radius 2 is 2.38 bits per heavy atom. The number of nitrogens with one attached hydrogen (secondary N) is 1. The van der Waals surface area contributed by atoms with Gasteiger partial charge >= 0.3 is 0 Å². The minimum atomic E-state index is -1.01. The van der Waals surface area contributed by atoms with E-state index in [-0.39, 0.29) is 0 Å². The fraction of sp³-hybridized carbons (Fsp3) is 0.333. The molecule has 4 nitrogen and oxygen atoms in total. The average molecular weight is 180 g/mol. The van der Waals surface area contributed by atoms with Crippen LogP contribution in [0.25, 0.3) is 0 Å². The molecule has 1 heterocycles. The summed E-state index contributed by atoms with van der Waals surface area (Å²) < 4.78 is 0. The highest BCUT2D eigenvalue weighted by Gasteiger charge is 2.08. The summed E-state index contributed by atoms with van der Waals surface area (Å²) in [7, 11) is 0. The molecule has 0 bridgehead atoms. The predicted molar refractivity (Wildman–Crippen MR) is 49.3 cm³/mol. The van der Waals surface area contributed by atoms with Crippen LogP contribution in [-0.2, 0) is 4.79 Å². The zero-order valence-electron chi connectivity index (χ0n) is 7.61. The van der Waals surface area contributed by atoms with Crippen molar-refractivity contribution >= 4 is 11.7 Å². The second-order valence-electron chi connectivity index (χ2n) is 2.88. The van der Waals surface area contributed by atoms with Gasteiger partial charge in [0.1, 0.15) is 11.9 Å². The second kappa shape index (κ2) is 4.00. The lowest BCUT2D eigenvalue weighted by atomic mass is 10.3. The van der Waals surface area contributed by atoms with E-state index >= 15 is 0 Å². The molecule has 13 heavy (non-hydrogen) atoms. The van der Waals surface area contributed by atoms with Crippen molar-refractivity contribution in [1.82, 2.24) is 4.98 Å². The molecule has 70 valence electrons. The van der Waals surface area contributed by atoms with Gasteiger partial charge in [0, 0.05) is 6.20 Å². The number of anilines is 1. The van der Waals surface area contributed by atoms with Gasteiger partial charge in [-0.15, -0.1) is 0 Å². The summed E-state index contributed by atoms with van der Waals surface area (Å²) in [6.07, 6.45) is 0.592. The summed E-state index contributed by atoms with van der Waals surface area (Å²) in [5.74, 6) is 0.0176. The van der Waals surface area contributed by atoms with E-state index in [1.54, 1.807) is 12.3 Å². The molecule has 1 aromatic rings. The number of aryl methyl sites for hydroxylation is 1. The van der Waals surface area contributed by atoms with Crippen LogP contribution in [0.4, 0.5) is 5.82 Å². The van der Waals surface area contributed by atoms with E-state index in [9.17, 15) is 4.79 Å². The first-order chi connectivity index (χ1) is 6.09. The SMILES string of the molecule is Cc1ccnc(NC(=O)[C@@H](C)O)c1. The van der Waals surface area contributed by atoms with Gasteiger partial charge < -0.3 is 10.4 Å². The fourth-order valence-electron chi connectivity index (χ4n) is 0.835. The van der Waals surface area contributed by atoms with Crippen LogP contribution in [0.1, 0.15) is 12.5 Å². The van der Waals surface area contributed by atoms with E-state index in [0.29, 0.717) is 5.82 Å². The van der Waals surface area contributed by atoms with Crippen molar-refractivity contribution in [2.45, 2.75) is 20.0 Å². The molecule has 0 aliphatic heterocycles. The number of rotatable bonds is 2. The van der Waals surface area contributed by atoms with Crippen LogP contribution in [0, 0.1) is 6.92 Å². The minimum absolute atomic E-state index is 0.446. The maximum atomic E-state index is 11.0. The highest BCUT2D eigenvalue weighted by Crippen LogP contribution is 2.05. The fourth-order valence-corrected chi connectivity index (χ4v) is 0.835. The lowest BCUT2D eigenvalue weighted by molar-refractivity contribution is -0.123. The lowest BCUT2D eigenvalue weighted by Gasteiger charge is -2.05. The van der Waals surface area contributed by atoms with Gasteiger partial charge in [0.25, 0.3) is 5.91 Å². The molecule has 1 aromatic heterocycles. The Morgan fingerprint density at radius 1 is 1.69 bits per heavy atom. The molecule has 0 spiro atoms. The van der Waals surface area contributed by atoms with Crippen molar-refractivity contribution in [3.05, 3.63) is 23.9 Å². The summed E-state index contributed by atoms with van der Waals surface area (Å²) in [6, 6.07) is 3.57. The van der Waals surface area contributed by atoms with E-state index in [4.69, 9.17) is 5.11 Å². The third kappa shape index (κ3) is 2.83. The number of aliphatic hydroxyl groups is 1. The van der Waals surface area contributed by atoms with Crippen LogP contribution >= 0.6 is 0 Å². The third-order valence-corrected chi connectivity index (χ3v) is 1.55. The molecule has 0 aliphatic rings. The monoisotopic (exact) mass is 180 g/mol. The third-order valence-electron chi connectivity index (χ3n) is 1.55. The predicted octanol–water partition coefficient (Wildman–Crippen LogP) is 0.709. The maximum Gasteiger partial charge on any atom is 0.254 e. The van der Waals surface area contributed by atoms with Crippen LogP contribution in [0.2, 0.25) is 0 Å². The van der Waals surface area contributed by atoms with Crippen molar-refractivity contribution in [3.8, 4) is 0 Å². The molecule has 0 fully saturated rings. The van der Waals surface area contributed by atoms with Gasteiger partial charge in [-0.05, 0) is 31.5 Å². The highest BCUT2D eigenvalue weighted by molar-refractivity contribution is 5.92. The van der Waals surface area contributed by atoms with E-state index in [2.05, 4.69) is 10.3 Å². The van der Waals surface area contributed by atoms with Crippen LogP contribution in [0.5, 0.6) is 0 Å². The number of nitrogens with zero attached hydrogens (tertiary/aromatic N) is 1. The highest BCUT2D eigenvalue weighted by atomic mass is 16.3. The largest absolute Gasteiger partial charge is 0.384 e. The second-order valence-corrected chi connectivity index (χ2v) is 2.88. The first-order valence-electron chi connectivity index (χ1n) is 4.01. The van der Waals surface area contributed by atoms with Crippen LogP contribution < -0.4 is 5.32 Å². The zero-order chi connectivity index (χ0) is 9.84. The van der Waals surface area contributed by atoms with Crippen molar-refractivity contribution in [1.29, 1.82) is 0 Å². The topological polar surface area (TPSA) is 62.2 Å². The molecular formula is C9H12N2O2. The van der Waals surface area contributed by atoms with E-state index in [1.807, 2.05) is 13.0 Å². The summed E-state index contributed by atoms with van der Waals surface area (Å²) in [6.45, 7) is 3.31. The normalized spacial score (nSPS) is 12.2. The summed E-state index contributed by atoms with van der Waals surface area (Å²) >= 11 is 0. The van der Waals surface area contributed by atoms with Crippen LogP contribution in [0.3, 0.4) is 0 Å². The van der Waals surface area contributed by atoms with Gasteiger partial charge in [0.15, 0.2) is 0 Å². The Bertz CT molecular complexity index is 310. The molecule has 1 atom stereocenters. The van der Waals surface area contributed by atoms with Crippen molar-refractivity contribution in [3.63, 3.8) is 0 Å². The van der Waals surface area contributed by atoms with Gasteiger partial charge in [-0.2, -0.15) is 0 Å². The molecule has 0 saturated carbocycles. The van der Waals surface area contributed by atoms with Gasteiger partial charge in [0.05, 0.1) is 0 Å². The van der Waals surface area contributed by atoms with Gasteiger partial charge in [0.2, 0.25) is 0 Å². The molecule has 2 N–H and O–H groups in total. The van der Waals surface area contributed by atoms with Crippen molar-refractivity contribution in [2.24, 2.45) is 0 Å². The number of amides is 1. The lowest BCUT2D eigenvalue weighted by Crippen LogP contribution is -2.24. The molecule has 0 unspecified atom stereocenters. The molecule has 0 aromatic carbocycles. The summed E-state index contributed by atoms with van der Waals surface area (Å²) in [5, 5.41) is 11.4. The van der Waals surface area contributed by atoms with Gasteiger partial charge in [-0.25, -0.2) is 4.98 Å². The number of carbonyl (C=O) groups is 1. The van der Waals surface area contributed by atoms with Crippen LogP contribution in [0.15, 0.2) is 18.3 Å². The number of hydrogen-bond acceptors (Lipinski definition) is 3. The Labute approximate surface area is 76.6 Å². The molecule has 0 radical (unpaired) electrons. The zero-order valence-corrected chi connectivity index (χ0v) is 7.61. The quantitative estimate of drug-likeness (QED) is 0.704. The number of pyridine rings is 1. The molecule has 1 rings (SSSR count). The average Bonchev–Trinajstić information content (AvgIpc) is 2.04. The smallest absolute Gasteiger partial charge is 0.254 e. The Balaban J connectivity index is 2.69. The number of hydrogen-bond donors (Lipinski definition) is 2. The van der Waals surface area contributed by atoms with Gasteiger partial charge in [-0.3, -0.25) is 4.79 Å². The summed E-state index contributed by atoms with van der Waals surface area (Å²) in [5.41, 5.74) is 1.01. The number of carbonyl (C=O) groups excluding carboxylic acids is 1. The van der Waals surface area contributed by atoms with E-state index < -0.39 is 12.0 Å². The Morgan fingerprint density at radius 3 is 2.92 bits per heavy atom. The standard InChI is InChI=1S/C9H12N2O2/c1-6-3-4-10-8(5-6)11-9(13)7(2)12/h3-5,7,12H,1-2H3,(H,10,11,13)/t7-/m1/s1. The Hall–Kier alpha value is -1.42. The van der Waals surface area contributed by atoms with E-state index in [0.717, 1.165) is 5.56 Å². The number of aliphatic hydroxyl groups excluding tert-OH is 1. The summed E-state index contributed by atoms with van der Waals surface area (Å²) in [4.78, 5) is 14.9. The Kier molecular flexibility index (Phi) is 2.97. The number of aromatic nitrogens is 1. The first-order valence-corrected chi connectivity index (χ1v) is 4.01. The minimum Gasteiger partial charge on any atom is -0.384 e. The molecule has 0 aliphatic carbocycles. The van der Waals surface area contributed by atoms with Crippen molar-refractivity contribution < 1.29 is 9.90 Å². The van der Waals surface area contributed by atoms with Crippen LogP contribution in [-0.4, -0.2) is 22.1 Å². The molecule has 4 heteroatoms. The maximum absolute atomic E-state index is 11.0. The first kappa shape index (κ1) is 9.67. The molecule has 0 saturated heterocycles. The molecule has 1 amide bonds.